The predicted molar refractivity (Wildman–Crippen MR) is 124 cm³/mol. The fraction of sp³-hybridized carbons (Fsp3) is 0.773. The maximum absolute atomic E-state index is 13.1. The third-order valence-corrected chi connectivity index (χ3v) is 5.89. The minimum Gasteiger partial charge on any atom is -0.480 e. The topological polar surface area (TPSA) is 194 Å². The minimum atomic E-state index is -1.33. The van der Waals surface area contributed by atoms with Gasteiger partial charge in [-0.05, 0) is 24.2 Å². The maximum atomic E-state index is 13.1. The summed E-state index contributed by atoms with van der Waals surface area (Å²) >= 11 is 0. The molecule has 0 heterocycles. The van der Waals surface area contributed by atoms with E-state index >= 15 is 0 Å². The predicted octanol–water partition coefficient (Wildman–Crippen LogP) is -0.134. The van der Waals surface area contributed by atoms with Crippen LogP contribution in [0.3, 0.4) is 0 Å². The molecule has 0 bridgehead atoms. The van der Waals surface area contributed by atoms with Crippen LogP contribution in [0.2, 0.25) is 0 Å². The first kappa shape index (κ1) is 30.3. The monoisotopic (exact) mass is 471 g/mol. The highest BCUT2D eigenvalue weighted by Crippen LogP contribution is 2.12. The molecular formula is C22H41N5O6. The SMILES string of the molecule is CCC(C)C(N)C(=O)NC(C(=O)NC(C(=O)NC(CCC(N)=O)C(=O)O)C(C)C)C(C)CC. The lowest BCUT2D eigenvalue weighted by Gasteiger charge is -2.30. The summed E-state index contributed by atoms with van der Waals surface area (Å²) in [5.74, 6) is -4.42. The second-order valence-electron chi connectivity index (χ2n) is 8.92. The van der Waals surface area contributed by atoms with Crippen molar-refractivity contribution in [2.45, 2.75) is 91.4 Å². The van der Waals surface area contributed by atoms with E-state index in [4.69, 9.17) is 11.5 Å². The number of aliphatic carboxylic acids is 1. The summed E-state index contributed by atoms with van der Waals surface area (Å²) in [5.41, 5.74) is 11.1. The first-order chi connectivity index (χ1) is 15.3. The number of carboxylic acid groups (broad SMARTS) is 1. The lowest BCUT2D eigenvalue weighted by molar-refractivity contribution is -0.143. The second-order valence-corrected chi connectivity index (χ2v) is 8.92. The van der Waals surface area contributed by atoms with Gasteiger partial charge in [-0.15, -0.1) is 0 Å². The van der Waals surface area contributed by atoms with Gasteiger partial charge >= 0.3 is 5.97 Å². The zero-order valence-electron chi connectivity index (χ0n) is 20.5. The van der Waals surface area contributed by atoms with Crippen molar-refractivity contribution < 1.29 is 29.1 Å². The molecule has 0 spiro atoms. The van der Waals surface area contributed by atoms with E-state index in [0.29, 0.717) is 12.8 Å². The van der Waals surface area contributed by atoms with Gasteiger partial charge in [-0.3, -0.25) is 19.2 Å². The van der Waals surface area contributed by atoms with Crippen molar-refractivity contribution in [1.29, 1.82) is 0 Å². The molecule has 11 nitrogen and oxygen atoms in total. The number of rotatable bonds is 15. The van der Waals surface area contributed by atoms with E-state index in [2.05, 4.69) is 16.0 Å². The molecule has 8 N–H and O–H groups in total. The van der Waals surface area contributed by atoms with Crippen molar-refractivity contribution in [1.82, 2.24) is 16.0 Å². The Labute approximate surface area is 195 Å². The second kappa shape index (κ2) is 14.5. The van der Waals surface area contributed by atoms with Crippen LogP contribution in [-0.4, -0.2) is 58.9 Å². The zero-order chi connectivity index (χ0) is 25.9. The Balaban J connectivity index is 5.51. The van der Waals surface area contributed by atoms with Crippen molar-refractivity contribution in [2.24, 2.45) is 29.2 Å². The number of carbonyl (C=O) groups is 5. The zero-order valence-corrected chi connectivity index (χ0v) is 20.5. The highest BCUT2D eigenvalue weighted by Gasteiger charge is 2.34. The average molecular weight is 472 g/mol. The molecular weight excluding hydrogens is 430 g/mol. The van der Waals surface area contributed by atoms with Gasteiger partial charge in [-0.25, -0.2) is 4.79 Å². The van der Waals surface area contributed by atoms with Gasteiger partial charge in [0, 0.05) is 6.42 Å². The van der Waals surface area contributed by atoms with Gasteiger partial charge in [0.1, 0.15) is 18.1 Å². The smallest absolute Gasteiger partial charge is 0.326 e. The molecule has 0 aliphatic carbocycles. The number of amides is 4. The van der Waals surface area contributed by atoms with E-state index in [1.54, 1.807) is 20.8 Å². The lowest BCUT2D eigenvalue weighted by Crippen LogP contribution is -2.60. The number of carboxylic acids is 1. The van der Waals surface area contributed by atoms with Gasteiger partial charge in [-0.1, -0.05) is 54.4 Å². The first-order valence-corrected chi connectivity index (χ1v) is 11.4. The van der Waals surface area contributed by atoms with Gasteiger partial charge in [0.25, 0.3) is 0 Å². The third-order valence-electron chi connectivity index (χ3n) is 5.89. The Kier molecular flexibility index (Phi) is 13.3. The highest BCUT2D eigenvalue weighted by atomic mass is 16.4. The molecule has 0 radical (unpaired) electrons. The summed E-state index contributed by atoms with van der Waals surface area (Å²) in [6, 6.07) is -4.08. The van der Waals surface area contributed by atoms with E-state index in [9.17, 15) is 29.1 Å². The fourth-order valence-electron chi connectivity index (χ4n) is 3.05. The Morgan fingerprint density at radius 1 is 0.788 bits per heavy atom. The summed E-state index contributed by atoms with van der Waals surface area (Å²) in [4.78, 5) is 60.9. The Bertz CT molecular complexity index is 699. The molecule has 6 atom stereocenters. The minimum absolute atomic E-state index is 0.0758. The summed E-state index contributed by atoms with van der Waals surface area (Å²) in [7, 11) is 0. The van der Waals surface area contributed by atoms with Crippen LogP contribution in [0.1, 0.15) is 67.2 Å². The summed E-state index contributed by atoms with van der Waals surface area (Å²) in [6.07, 6.45) is 0.900. The Morgan fingerprint density at radius 2 is 1.27 bits per heavy atom. The molecule has 0 aliphatic rings. The van der Waals surface area contributed by atoms with Crippen LogP contribution in [0, 0.1) is 17.8 Å². The van der Waals surface area contributed by atoms with Crippen LogP contribution in [0.4, 0.5) is 0 Å². The molecule has 11 heteroatoms. The number of hydrogen-bond acceptors (Lipinski definition) is 6. The average Bonchev–Trinajstić information content (AvgIpc) is 2.75. The van der Waals surface area contributed by atoms with Crippen molar-refractivity contribution >= 4 is 29.6 Å². The number of nitrogens with two attached hydrogens (primary N) is 2. The first-order valence-electron chi connectivity index (χ1n) is 11.4. The van der Waals surface area contributed by atoms with Crippen LogP contribution in [0.15, 0.2) is 0 Å². The van der Waals surface area contributed by atoms with E-state index in [1.165, 1.54) is 0 Å². The summed E-state index contributed by atoms with van der Waals surface area (Å²) < 4.78 is 0. The standard InChI is InChI=1S/C22H41N5O6/c1-7-12(5)16(24)19(29)27-18(13(6)8-2)21(31)26-17(11(3)4)20(30)25-14(22(32)33)9-10-15(23)28/h11-14,16-18H,7-10,24H2,1-6H3,(H2,23,28)(H,25,30)(H,26,31)(H,27,29)(H,32,33). The lowest BCUT2D eigenvalue weighted by atomic mass is 9.94. The molecule has 190 valence electrons. The largest absolute Gasteiger partial charge is 0.480 e. The van der Waals surface area contributed by atoms with Crippen molar-refractivity contribution in [3.8, 4) is 0 Å². The summed E-state index contributed by atoms with van der Waals surface area (Å²) in [5, 5.41) is 17.0. The van der Waals surface area contributed by atoms with Crippen LogP contribution in [0.25, 0.3) is 0 Å². The number of carbonyl (C=O) groups excluding carboxylic acids is 4. The Morgan fingerprint density at radius 3 is 1.70 bits per heavy atom. The molecule has 0 aromatic carbocycles. The van der Waals surface area contributed by atoms with Crippen LogP contribution >= 0.6 is 0 Å². The fourth-order valence-corrected chi connectivity index (χ4v) is 3.05. The van der Waals surface area contributed by atoms with Gasteiger partial charge in [0.05, 0.1) is 6.04 Å². The molecule has 0 aliphatic heterocycles. The highest BCUT2D eigenvalue weighted by molar-refractivity contribution is 5.94. The molecule has 0 aromatic rings. The molecule has 0 saturated carbocycles. The van der Waals surface area contributed by atoms with E-state index in [0.717, 1.165) is 0 Å². The molecule has 6 unspecified atom stereocenters. The normalized spacial score (nSPS) is 16.6. The van der Waals surface area contributed by atoms with Crippen molar-refractivity contribution in [3.05, 3.63) is 0 Å². The van der Waals surface area contributed by atoms with Crippen molar-refractivity contribution in [2.75, 3.05) is 0 Å². The van der Waals surface area contributed by atoms with Gasteiger partial charge in [0.15, 0.2) is 0 Å². The van der Waals surface area contributed by atoms with Crippen molar-refractivity contribution in [3.63, 3.8) is 0 Å². The van der Waals surface area contributed by atoms with Gasteiger partial charge in [0.2, 0.25) is 23.6 Å². The quantitative estimate of drug-likeness (QED) is 0.191. The number of hydrogen-bond donors (Lipinski definition) is 6. The molecule has 0 aromatic heterocycles. The molecule has 4 amide bonds. The van der Waals surface area contributed by atoms with E-state index < -0.39 is 53.8 Å². The molecule has 0 saturated heterocycles. The van der Waals surface area contributed by atoms with Crippen LogP contribution < -0.4 is 27.4 Å². The number of primary amides is 1. The van der Waals surface area contributed by atoms with Gasteiger partial charge in [-0.2, -0.15) is 0 Å². The Hall–Kier alpha value is -2.69. The van der Waals surface area contributed by atoms with Crippen LogP contribution in [-0.2, 0) is 24.0 Å². The maximum Gasteiger partial charge on any atom is 0.326 e. The summed E-state index contributed by atoms with van der Waals surface area (Å²) in [6.45, 7) is 10.8. The van der Waals surface area contributed by atoms with E-state index in [1.807, 2.05) is 20.8 Å². The van der Waals surface area contributed by atoms with Gasteiger partial charge < -0.3 is 32.5 Å². The third kappa shape index (κ3) is 10.2. The molecule has 0 rings (SSSR count). The molecule has 33 heavy (non-hydrogen) atoms. The number of nitrogens with one attached hydrogen (secondary N) is 3. The van der Waals surface area contributed by atoms with Crippen LogP contribution in [0.5, 0.6) is 0 Å². The van der Waals surface area contributed by atoms with E-state index in [-0.39, 0.29) is 30.6 Å². The molecule has 0 fully saturated rings.